The third-order valence-corrected chi connectivity index (χ3v) is 6.49. The van der Waals surface area contributed by atoms with E-state index >= 15 is 0 Å². The van der Waals surface area contributed by atoms with E-state index < -0.39 is 23.4 Å². The molecule has 3 aromatic carbocycles. The molecule has 0 aliphatic carbocycles. The van der Waals surface area contributed by atoms with Crippen molar-refractivity contribution in [2.75, 3.05) is 4.90 Å². The van der Waals surface area contributed by atoms with Gasteiger partial charge in [-0.25, -0.2) is 0 Å². The largest absolute Gasteiger partial charge is 0.508 e. The smallest absolute Gasteiger partial charge is 0.185 e. The van der Waals surface area contributed by atoms with E-state index in [0.717, 1.165) is 11.3 Å². The summed E-state index contributed by atoms with van der Waals surface area (Å²) in [5.41, 5.74) is 1.46. The third-order valence-electron chi connectivity index (χ3n) is 6.49. The Balaban J connectivity index is 1.79. The molecule has 0 saturated carbocycles. The maximum absolute atomic E-state index is 13.9. The zero-order valence-electron chi connectivity index (χ0n) is 17.1. The fourth-order valence-corrected chi connectivity index (χ4v) is 5.06. The predicted molar refractivity (Wildman–Crippen MR) is 121 cm³/mol. The number of aromatic hydroxyl groups is 1. The number of hydrogen-bond donors (Lipinski definition) is 1. The minimum atomic E-state index is -1.49. The minimum Gasteiger partial charge on any atom is -0.508 e. The molecular weight excluding hydrogens is 398 g/mol. The summed E-state index contributed by atoms with van der Waals surface area (Å²) in [6.07, 6.45) is 3.78. The molecular formula is C27H19N3O2. The van der Waals surface area contributed by atoms with Crippen molar-refractivity contribution in [2.24, 2.45) is 5.41 Å². The van der Waals surface area contributed by atoms with E-state index in [1.807, 2.05) is 47.4 Å². The summed E-state index contributed by atoms with van der Waals surface area (Å²) >= 11 is 0. The van der Waals surface area contributed by atoms with Crippen LogP contribution < -0.4 is 4.90 Å². The number of ketones is 1. The quantitative estimate of drug-likeness (QED) is 0.626. The van der Waals surface area contributed by atoms with Crippen LogP contribution in [0.2, 0.25) is 0 Å². The number of anilines is 1. The maximum atomic E-state index is 13.9. The summed E-state index contributed by atoms with van der Waals surface area (Å²) in [5.74, 6) is -0.780. The van der Waals surface area contributed by atoms with E-state index in [9.17, 15) is 20.4 Å². The Morgan fingerprint density at radius 2 is 1.56 bits per heavy atom. The molecule has 154 valence electrons. The van der Waals surface area contributed by atoms with Crippen LogP contribution in [0.5, 0.6) is 5.75 Å². The Kier molecular flexibility index (Phi) is 4.54. The van der Waals surface area contributed by atoms with Gasteiger partial charge in [0.25, 0.3) is 0 Å². The molecule has 3 atom stereocenters. The number of fused-ring (bicyclic) bond motifs is 3. The van der Waals surface area contributed by atoms with Gasteiger partial charge in [-0.2, -0.15) is 10.5 Å². The van der Waals surface area contributed by atoms with Crippen molar-refractivity contribution < 1.29 is 9.90 Å². The van der Waals surface area contributed by atoms with Gasteiger partial charge in [-0.1, -0.05) is 72.8 Å². The first-order chi connectivity index (χ1) is 15.6. The number of benzene rings is 3. The number of Topliss-reactive ketones (excluding diaryl/α,β-unsaturated/α-hetero) is 1. The zero-order chi connectivity index (χ0) is 22.3. The number of hydrogen-bond acceptors (Lipinski definition) is 5. The zero-order valence-corrected chi connectivity index (χ0v) is 17.1. The number of rotatable bonds is 3. The Morgan fingerprint density at radius 1 is 0.906 bits per heavy atom. The molecule has 3 aromatic rings. The van der Waals surface area contributed by atoms with Crippen LogP contribution in [0, 0.1) is 28.1 Å². The van der Waals surface area contributed by atoms with Gasteiger partial charge in [0.2, 0.25) is 0 Å². The highest BCUT2D eigenvalue weighted by molar-refractivity contribution is 6.04. The van der Waals surface area contributed by atoms with E-state index in [4.69, 9.17) is 0 Å². The van der Waals surface area contributed by atoms with Gasteiger partial charge in [0, 0.05) is 17.2 Å². The number of nitrogens with zero attached hydrogens (tertiary/aromatic N) is 3. The number of phenolic OH excluding ortho intramolecular Hbond substituents is 1. The lowest BCUT2D eigenvalue weighted by atomic mass is 9.69. The van der Waals surface area contributed by atoms with Crippen LogP contribution in [0.25, 0.3) is 6.08 Å². The SMILES string of the molecule is N#CC1(C#N)[C@@H](c2ccc(O)cc2)[C@@H](C(=O)c2ccccc2)N2c3ccccc3C=C[C@@H]21. The maximum Gasteiger partial charge on any atom is 0.185 e. The molecule has 5 heteroatoms. The molecule has 2 aliphatic heterocycles. The highest BCUT2D eigenvalue weighted by Gasteiger charge is 2.63. The van der Waals surface area contributed by atoms with Crippen molar-refractivity contribution in [1.82, 2.24) is 0 Å². The van der Waals surface area contributed by atoms with Crippen LogP contribution >= 0.6 is 0 Å². The first kappa shape index (κ1) is 19.6. The fourth-order valence-electron chi connectivity index (χ4n) is 5.06. The van der Waals surface area contributed by atoms with Crippen LogP contribution in [0.15, 0.2) is 84.9 Å². The van der Waals surface area contributed by atoms with Gasteiger partial charge in [-0.15, -0.1) is 0 Å². The van der Waals surface area contributed by atoms with Gasteiger partial charge >= 0.3 is 0 Å². The molecule has 5 nitrogen and oxygen atoms in total. The van der Waals surface area contributed by atoms with E-state index in [2.05, 4.69) is 12.1 Å². The van der Waals surface area contributed by atoms with Crippen molar-refractivity contribution in [1.29, 1.82) is 10.5 Å². The summed E-state index contributed by atoms with van der Waals surface area (Å²) in [6, 6.07) is 26.3. The van der Waals surface area contributed by atoms with Crippen molar-refractivity contribution >= 4 is 17.5 Å². The monoisotopic (exact) mass is 417 g/mol. The molecule has 0 radical (unpaired) electrons. The number of phenols is 1. The van der Waals surface area contributed by atoms with Gasteiger partial charge in [0.05, 0.1) is 18.2 Å². The van der Waals surface area contributed by atoms with Gasteiger partial charge in [-0.05, 0) is 29.3 Å². The summed E-state index contributed by atoms with van der Waals surface area (Å²) in [4.78, 5) is 15.9. The molecule has 0 amide bonds. The van der Waals surface area contributed by atoms with Gasteiger partial charge < -0.3 is 10.0 Å². The van der Waals surface area contributed by atoms with Crippen LogP contribution in [-0.4, -0.2) is 23.0 Å². The molecule has 1 saturated heterocycles. The number of carbonyl (C=O) groups is 1. The molecule has 2 aliphatic rings. The number of nitriles is 2. The summed E-state index contributed by atoms with van der Waals surface area (Å²) in [6.45, 7) is 0. The predicted octanol–water partition coefficient (Wildman–Crippen LogP) is 4.68. The second-order valence-corrected chi connectivity index (χ2v) is 8.11. The van der Waals surface area contributed by atoms with Crippen LogP contribution in [-0.2, 0) is 0 Å². The van der Waals surface area contributed by atoms with Crippen LogP contribution in [0.1, 0.15) is 27.4 Å². The highest BCUT2D eigenvalue weighted by Crippen LogP contribution is 2.55. The number of para-hydroxylation sites is 1. The number of carbonyl (C=O) groups excluding carboxylic acids is 1. The lowest BCUT2D eigenvalue weighted by molar-refractivity contribution is 0.0951. The first-order valence-corrected chi connectivity index (χ1v) is 10.4. The molecule has 32 heavy (non-hydrogen) atoms. The highest BCUT2D eigenvalue weighted by atomic mass is 16.3. The molecule has 1 N–H and O–H groups in total. The molecule has 2 heterocycles. The van der Waals surface area contributed by atoms with E-state index in [0.29, 0.717) is 11.1 Å². The van der Waals surface area contributed by atoms with Crippen molar-refractivity contribution in [3.05, 3.63) is 102 Å². The second kappa shape index (κ2) is 7.41. The average Bonchev–Trinajstić information content (AvgIpc) is 3.15. The second-order valence-electron chi connectivity index (χ2n) is 8.11. The fraction of sp³-hybridized carbons (Fsp3) is 0.148. The van der Waals surface area contributed by atoms with Gasteiger partial charge in [-0.3, -0.25) is 4.79 Å². The molecule has 0 bridgehead atoms. The lowest BCUT2D eigenvalue weighted by Crippen LogP contribution is -2.44. The van der Waals surface area contributed by atoms with Crippen LogP contribution in [0.4, 0.5) is 5.69 Å². The summed E-state index contributed by atoms with van der Waals surface area (Å²) < 4.78 is 0. The summed E-state index contributed by atoms with van der Waals surface area (Å²) in [5, 5.41) is 30.5. The molecule has 0 unspecified atom stereocenters. The Bertz CT molecular complexity index is 1290. The van der Waals surface area contributed by atoms with Gasteiger partial charge in [0.15, 0.2) is 11.2 Å². The van der Waals surface area contributed by atoms with Crippen molar-refractivity contribution in [3.63, 3.8) is 0 Å². The normalized spacial score (nSPS) is 22.3. The Labute approximate surface area is 186 Å². The van der Waals surface area contributed by atoms with Crippen molar-refractivity contribution in [3.8, 4) is 17.9 Å². The Morgan fingerprint density at radius 3 is 2.25 bits per heavy atom. The Hall–Kier alpha value is -4.35. The lowest BCUT2D eigenvalue weighted by Gasteiger charge is -2.35. The molecule has 5 rings (SSSR count). The first-order valence-electron chi connectivity index (χ1n) is 10.4. The van der Waals surface area contributed by atoms with E-state index in [-0.39, 0.29) is 11.5 Å². The van der Waals surface area contributed by atoms with Crippen molar-refractivity contribution in [2.45, 2.75) is 18.0 Å². The van der Waals surface area contributed by atoms with Crippen LogP contribution in [0.3, 0.4) is 0 Å². The minimum absolute atomic E-state index is 0.0835. The average molecular weight is 417 g/mol. The topological polar surface area (TPSA) is 88.1 Å². The van der Waals surface area contributed by atoms with E-state index in [1.165, 1.54) is 12.1 Å². The molecule has 1 fully saturated rings. The van der Waals surface area contributed by atoms with E-state index in [1.54, 1.807) is 36.4 Å². The standard InChI is InChI=1S/C27H19N3O2/c28-16-27(17-29)23-15-12-18-6-4-5-9-22(18)30(23)25(26(32)20-7-2-1-3-8-20)24(27)19-10-13-21(31)14-11-19/h1-15,23-25,31H/t23-,24+,25+/m1/s1. The summed E-state index contributed by atoms with van der Waals surface area (Å²) in [7, 11) is 0. The van der Waals surface area contributed by atoms with Gasteiger partial charge in [0.1, 0.15) is 11.8 Å². The molecule has 0 spiro atoms. The third kappa shape index (κ3) is 2.72. The molecule has 0 aromatic heterocycles.